The van der Waals surface area contributed by atoms with Crippen LogP contribution in [0.1, 0.15) is 34.1 Å². The molecule has 0 fully saturated rings. The number of hydrogen-bond acceptors (Lipinski definition) is 2. The van der Waals surface area contributed by atoms with Crippen molar-refractivity contribution in [1.29, 1.82) is 0 Å². The zero-order chi connectivity index (χ0) is 13.5. The van der Waals surface area contributed by atoms with E-state index in [2.05, 4.69) is 57.1 Å². The standard InChI is InChI=1S/C9H13.C5H14NOSi.2CH3.Ti/c1-9(2,3)8-6-4-5-7-8;1-5(7-2)6-8(3)4;;;/h4,6H,5H2,1-3H3;5-6H,1-4H3;2*1H3;/q-1;;2*-1;+3. The number of ether oxygens (including phenoxy) is 1. The minimum Gasteiger partial charge on any atom is -0.368 e. The van der Waals surface area contributed by atoms with E-state index in [0.717, 1.165) is 6.42 Å². The molecular weight excluding hydrogens is 298 g/mol. The average molecular weight is 331 g/mol. The van der Waals surface area contributed by atoms with Gasteiger partial charge in [-0.3, -0.25) is 6.08 Å². The van der Waals surface area contributed by atoms with Crippen molar-refractivity contribution in [3.63, 3.8) is 0 Å². The smallest absolute Gasteiger partial charge is 0.368 e. The number of hydrogen-bond donors (Lipinski definition) is 1. The predicted octanol–water partition coefficient (Wildman–Crippen LogP) is 4.44. The van der Waals surface area contributed by atoms with Gasteiger partial charge in [0.05, 0.1) is 6.23 Å². The number of methoxy groups -OCH3 is 1. The first-order chi connectivity index (χ1) is 7.77. The molecule has 0 bridgehead atoms. The summed E-state index contributed by atoms with van der Waals surface area (Å²) < 4.78 is 4.98. The first-order valence-corrected chi connectivity index (χ1v) is 8.64. The summed E-state index contributed by atoms with van der Waals surface area (Å²) in [5.74, 6) is 0. The molecule has 1 atom stereocenters. The van der Waals surface area contributed by atoms with Crippen LogP contribution in [0.25, 0.3) is 0 Å². The van der Waals surface area contributed by atoms with Crippen molar-refractivity contribution in [2.75, 3.05) is 7.11 Å². The molecule has 1 N–H and O–H groups in total. The van der Waals surface area contributed by atoms with E-state index in [-0.39, 0.29) is 51.8 Å². The fourth-order valence-electron chi connectivity index (χ4n) is 1.39. The van der Waals surface area contributed by atoms with Gasteiger partial charge in [-0.05, 0) is 12.3 Å². The van der Waals surface area contributed by atoms with Crippen LogP contribution in [0.2, 0.25) is 13.1 Å². The number of nitrogens with one attached hydrogen (secondary N) is 1. The summed E-state index contributed by atoms with van der Waals surface area (Å²) in [6.45, 7) is 13.0. The molecule has 1 rings (SSSR count). The molecule has 0 aromatic carbocycles. The van der Waals surface area contributed by atoms with Crippen molar-refractivity contribution in [2.24, 2.45) is 5.41 Å². The van der Waals surface area contributed by atoms with Gasteiger partial charge in [0, 0.05) is 7.11 Å². The van der Waals surface area contributed by atoms with Crippen LogP contribution in [0.5, 0.6) is 0 Å². The quantitative estimate of drug-likeness (QED) is 0.469. The topological polar surface area (TPSA) is 21.3 Å². The molecule has 1 aliphatic rings. The molecule has 0 saturated carbocycles. The Morgan fingerprint density at radius 3 is 1.95 bits per heavy atom. The van der Waals surface area contributed by atoms with Crippen LogP contribution in [0.4, 0.5) is 0 Å². The Morgan fingerprint density at radius 2 is 1.80 bits per heavy atom. The van der Waals surface area contributed by atoms with E-state index in [4.69, 9.17) is 4.74 Å². The van der Waals surface area contributed by atoms with Crippen molar-refractivity contribution in [1.82, 2.24) is 4.98 Å². The minimum atomic E-state index is -0.321. The molecule has 0 aromatic heterocycles. The van der Waals surface area contributed by atoms with Crippen LogP contribution in [-0.2, 0) is 26.5 Å². The molecule has 0 aromatic rings. The normalized spacial score (nSPS) is 14.1. The zero-order valence-electron chi connectivity index (χ0n) is 14.8. The summed E-state index contributed by atoms with van der Waals surface area (Å²) in [7, 11) is 1.39. The van der Waals surface area contributed by atoms with Crippen LogP contribution < -0.4 is 4.98 Å². The van der Waals surface area contributed by atoms with E-state index in [1.165, 1.54) is 5.57 Å². The Balaban J connectivity index is -0.000000112. The Labute approximate surface area is 145 Å². The third-order valence-electron chi connectivity index (χ3n) is 2.35. The van der Waals surface area contributed by atoms with E-state index in [1.807, 2.05) is 6.92 Å². The largest absolute Gasteiger partial charge is 3.00 e. The van der Waals surface area contributed by atoms with Gasteiger partial charge >= 0.3 is 21.7 Å². The van der Waals surface area contributed by atoms with Gasteiger partial charge < -0.3 is 24.6 Å². The van der Waals surface area contributed by atoms with Crippen LogP contribution in [0.3, 0.4) is 0 Å². The second-order valence-corrected chi connectivity index (χ2v) is 7.76. The van der Waals surface area contributed by atoms with Gasteiger partial charge in [-0.25, -0.2) is 11.6 Å². The van der Waals surface area contributed by atoms with Crippen molar-refractivity contribution < 1.29 is 26.5 Å². The fraction of sp³-hybridized carbons (Fsp3) is 0.625. The third-order valence-corrected chi connectivity index (χ3v) is 3.33. The number of rotatable bonds is 3. The summed E-state index contributed by atoms with van der Waals surface area (Å²) in [6, 6.07) is 0. The van der Waals surface area contributed by atoms with Crippen molar-refractivity contribution in [3.05, 3.63) is 38.7 Å². The third kappa shape index (κ3) is 14.7. The maximum absolute atomic E-state index is 4.98. The van der Waals surface area contributed by atoms with Crippen LogP contribution >= 0.6 is 0 Å². The molecule has 0 heterocycles. The first kappa shape index (κ1) is 28.5. The summed E-state index contributed by atoms with van der Waals surface area (Å²) >= 11 is 0. The van der Waals surface area contributed by atoms with Gasteiger partial charge in [0.1, 0.15) is 8.96 Å². The van der Waals surface area contributed by atoms with Gasteiger partial charge in [0.2, 0.25) is 0 Å². The van der Waals surface area contributed by atoms with Crippen molar-refractivity contribution >= 4 is 8.96 Å². The molecule has 1 aliphatic carbocycles. The molecule has 1 unspecified atom stereocenters. The maximum Gasteiger partial charge on any atom is 3.00 e. The van der Waals surface area contributed by atoms with E-state index in [0.29, 0.717) is 5.41 Å². The Hall–Kier alpha value is 0.331. The molecule has 2 nitrogen and oxygen atoms in total. The summed E-state index contributed by atoms with van der Waals surface area (Å²) in [5.41, 5.74) is 1.65. The van der Waals surface area contributed by atoms with E-state index in [9.17, 15) is 0 Å². The molecule has 116 valence electrons. The molecular formula is C16H33NOSiTi. The Kier molecular flexibility index (Phi) is 20.3. The SMILES string of the molecule is CC(C)(C)C1=[C-]CC=C1.COC(C)N[Si](C)C.[CH3-].[CH3-].[Ti+3]. The van der Waals surface area contributed by atoms with Gasteiger partial charge in [-0.2, -0.15) is 6.08 Å². The average Bonchev–Trinajstić information content (AvgIpc) is 2.69. The van der Waals surface area contributed by atoms with Gasteiger partial charge in [-0.15, -0.1) is 6.42 Å². The molecule has 20 heavy (non-hydrogen) atoms. The van der Waals surface area contributed by atoms with Crippen LogP contribution in [0.15, 0.2) is 17.7 Å². The summed E-state index contributed by atoms with van der Waals surface area (Å²) in [5, 5.41) is 0. The molecule has 0 spiro atoms. The molecule has 0 aliphatic heterocycles. The molecule has 0 saturated heterocycles. The summed E-state index contributed by atoms with van der Waals surface area (Å²) in [6.07, 6.45) is 8.85. The van der Waals surface area contributed by atoms with E-state index < -0.39 is 0 Å². The van der Waals surface area contributed by atoms with Crippen molar-refractivity contribution in [3.8, 4) is 0 Å². The monoisotopic (exact) mass is 331 g/mol. The number of allylic oxidation sites excluding steroid dienone is 4. The predicted molar refractivity (Wildman–Crippen MR) is 89.9 cm³/mol. The second kappa shape index (κ2) is 14.3. The molecule has 2 radical (unpaired) electrons. The van der Waals surface area contributed by atoms with Crippen molar-refractivity contribution in [2.45, 2.75) is 53.4 Å². The molecule has 0 amide bonds. The van der Waals surface area contributed by atoms with Crippen LogP contribution in [-0.4, -0.2) is 22.3 Å². The van der Waals surface area contributed by atoms with Gasteiger partial charge in [0.15, 0.2) is 0 Å². The zero-order valence-corrected chi connectivity index (χ0v) is 17.4. The maximum atomic E-state index is 4.98. The van der Waals surface area contributed by atoms with Gasteiger partial charge in [0.25, 0.3) is 0 Å². The Bertz CT molecular complexity index is 270. The van der Waals surface area contributed by atoms with E-state index in [1.54, 1.807) is 7.11 Å². The summed E-state index contributed by atoms with van der Waals surface area (Å²) in [4.78, 5) is 3.27. The fourth-order valence-corrected chi connectivity index (χ4v) is 2.32. The minimum absolute atomic E-state index is 0. The first-order valence-electron chi connectivity index (χ1n) is 6.14. The van der Waals surface area contributed by atoms with Gasteiger partial charge in [-0.1, -0.05) is 33.9 Å². The Morgan fingerprint density at radius 1 is 1.30 bits per heavy atom. The second-order valence-electron chi connectivity index (χ2n) is 5.47. The molecule has 4 heteroatoms. The van der Waals surface area contributed by atoms with E-state index >= 15 is 0 Å². The van der Waals surface area contributed by atoms with Crippen LogP contribution in [0, 0.1) is 26.3 Å².